The van der Waals surface area contributed by atoms with Crippen LogP contribution in [-0.4, -0.2) is 59.9 Å². The number of unbranched alkanes of at least 4 members (excludes halogenated alkanes) is 13. The van der Waals surface area contributed by atoms with Gasteiger partial charge in [-0.3, -0.25) is 23.4 Å². The van der Waals surface area contributed by atoms with Gasteiger partial charge >= 0.3 is 25.7 Å². The third kappa shape index (κ3) is 36.0. The lowest BCUT2D eigenvalue weighted by molar-refractivity contribution is -0.160. The summed E-state index contributed by atoms with van der Waals surface area (Å²) in [6.07, 6.45) is 40.4. The Kier molecular flexibility index (Phi) is 34.2. The first kappa shape index (κ1) is 50.2. The Labute approximate surface area is 319 Å². The van der Waals surface area contributed by atoms with Gasteiger partial charge in [0.1, 0.15) is 12.6 Å². The summed E-state index contributed by atoms with van der Waals surface area (Å²) in [5, 5.41) is 8.86. The molecule has 0 aromatic heterocycles. The van der Waals surface area contributed by atoms with Crippen molar-refractivity contribution in [1.82, 2.24) is 0 Å². The number of allylic oxidation sites excluding steroid dienone is 9. The van der Waals surface area contributed by atoms with Gasteiger partial charge in [0.15, 0.2) is 6.10 Å². The number of phosphoric ester groups is 1. The van der Waals surface area contributed by atoms with Crippen molar-refractivity contribution in [1.29, 1.82) is 0 Å². The summed E-state index contributed by atoms with van der Waals surface area (Å²) in [5.74, 6) is -2.54. The number of phosphoric acid groups is 1. The fourth-order valence-electron chi connectivity index (χ4n) is 4.96. The topological polar surface area (TPSA) is 172 Å². The zero-order valence-electron chi connectivity index (χ0n) is 32.6. The molecule has 0 aliphatic carbocycles. The molecular formula is C41H70NO10P. The van der Waals surface area contributed by atoms with Crippen LogP contribution >= 0.6 is 7.82 Å². The van der Waals surface area contributed by atoms with Gasteiger partial charge in [-0.25, -0.2) is 4.57 Å². The molecule has 12 heteroatoms. The Morgan fingerprint density at radius 3 is 1.51 bits per heavy atom. The largest absolute Gasteiger partial charge is 0.480 e. The summed E-state index contributed by atoms with van der Waals surface area (Å²) in [4.78, 5) is 45.7. The Morgan fingerprint density at radius 2 is 1.04 bits per heavy atom. The molecule has 0 spiro atoms. The minimum Gasteiger partial charge on any atom is -0.480 e. The molecule has 0 aromatic carbocycles. The third-order valence-corrected chi connectivity index (χ3v) is 9.01. The molecule has 0 fully saturated rings. The zero-order chi connectivity index (χ0) is 39.3. The number of carboxylic acids is 1. The molecule has 3 atom stereocenters. The van der Waals surface area contributed by atoms with Crippen LogP contribution in [0.15, 0.2) is 60.8 Å². The Bertz CT molecular complexity index is 1130. The van der Waals surface area contributed by atoms with E-state index in [9.17, 15) is 23.8 Å². The van der Waals surface area contributed by atoms with Crippen molar-refractivity contribution < 1.29 is 47.5 Å². The van der Waals surface area contributed by atoms with E-state index in [4.69, 9.17) is 24.8 Å². The fourth-order valence-corrected chi connectivity index (χ4v) is 5.74. The van der Waals surface area contributed by atoms with Crippen molar-refractivity contribution in [2.45, 2.75) is 161 Å². The van der Waals surface area contributed by atoms with E-state index >= 15 is 0 Å². The van der Waals surface area contributed by atoms with Crippen LogP contribution in [-0.2, 0) is 37.5 Å². The van der Waals surface area contributed by atoms with Gasteiger partial charge in [-0.1, -0.05) is 158 Å². The molecule has 0 aliphatic rings. The second-order valence-corrected chi connectivity index (χ2v) is 14.5. The minimum absolute atomic E-state index is 0.0717. The normalized spacial score (nSPS) is 14.5. The van der Waals surface area contributed by atoms with E-state index < -0.39 is 51.1 Å². The van der Waals surface area contributed by atoms with Gasteiger partial charge in [0.25, 0.3) is 0 Å². The van der Waals surface area contributed by atoms with Crippen LogP contribution in [0.25, 0.3) is 0 Å². The standard InChI is InChI=1S/C41H70NO10P/c1-3-5-7-9-11-13-15-17-19-21-23-25-27-29-31-33-40(44)52-37(35-50-53(47,48)51-36-38(42)41(45)46)34-49-39(43)32-30-28-26-24-22-20-18-16-14-12-10-8-6-4-2/h5,7,11,13,17,19,23,25,29,31,37-38H,3-4,6,8-10,12,14-16,18,20-22,24,26-28,30,32-36,42H2,1-2H3,(H,45,46)(H,47,48)/b7-5-,13-11-,19-17-,25-23-,31-29-. The smallest absolute Gasteiger partial charge is 0.472 e. The number of nitrogens with two attached hydrogens (primary N) is 1. The molecule has 3 unspecified atom stereocenters. The molecule has 0 heterocycles. The van der Waals surface area contributed by atoms with E-state index in [1.165, 1.54) is 64.2 Å². The predicted octanol–water partition coefficient (Wildman–Crippen LogP) is 10.00. The quantitative estimate of drug-likeness (QED) is 0.0240. The van der Waals surface area contributed by atoms with Crippen LogP contribution in [0.2, 0.25) is 0 Å². The van der Waals surface area contributed by atoms with Crippen molar-refractivity contribution in [3.8, 4) is 0 Å². The summed E-state index contributed by atoms with van der Waals surface area (Å²) in [5.41, 5.74) is 5.31. The highest BCUT2D eigenvalue weighted by atomic mass is 31.2. The average Bonchev–Trinajstić information content (AvgIpc) is 3.13. The number of carbonyl (C=O) groups excluding carboxylic acids is 2. The lowest BCUT2D eigenvalue weighted by Crippen LogP contribution is -2.34. The number of ether oxygens (including phenoxy) is 2. The van der Waals surface area contributed by atoms with Crippen molar-refractivity contribution in [3.63, 3.8) is 0 Å². The summed E-state index contributed by atoms with van der Waals surface area (Å²) in [7, 11) is -4.74. The highest BCUT2D eigenvalue weighted by Crippen LogP contribution is 2.43. The van der Waals surface area contributed by atoms with Crippen molar-refractivity contribution in [2.24, 2.45) is 5.73 Å². The Hall–Kier alpha value is -2.82. The summed E-state index contributed by atoms with van der Waals surface area (Å²) in [6, 6.07) is -1.54. The van der Waals surface area contributed by atoms with Crippen molar-refractivity contribution in [3.05, 3.63) is 60.8 Å². The van der Waals surface area contributed by atoms with Gasteiger partial charge in [0.2, 0.25) is 0 Å². The number of carboxylic acid groups (broad SMARTS) is 1. The van der Waals surface area contributed by atoms with Crippen LogP contribution in [0, 0.1) is 0 Å². The molecule has 304 valence electrons. The van der Waals surface area contributed by atoms with Crippen LogP contribution in [0.3, 0.4) is 0 Å². The van der Waals surface area contributed by atoms with Crippen molar-refractivity contribution >= 4 is 25.7 Å². The molecule has 0 saturated carbocycles. The van der Waals surface area contributed by atoms with Gasteiger partial charge in [-0.05, 0) is 38.5 Å². The fraction of sp³-hybridized carbons (Fsp3) is 0.683. The summed E-state index contributed by atoms with van der Waals surface area (Å²) < 4.78 is 32.5. The highest BCUT2D eigenvalue weighted by Gasteiger charge is 2.28. The molecule has 4 N–H and O–H groups in total. The first-order chi connectivity index (χ1) is 25.6. The SMILES string of the molecule is CC/C=C\C/C=C\C/C=C\C/C=C\C/C=C\CC(=O)OC(COC(=O)CCCCCCCCCCCCCCCC)COP(=O)(O)OCC(N)C(=O)O. The van der Waals surface area contributed by atoms with Crippen molar-refractivity contribution in [2.75, 3.05) is 19.8 Å². The third-order valence-electron chi connectivity index (χ3n) is 8.06. The molecule has 0 rings (SSSR count). The van der Waals surface area contributed by atoms with Crippen LogP contribution < -0.4 is 5.73 Å². The van der Waals surface area contributed by atoms with E-state index in [2.05, 4.69) is 54.8 Å². The van der Waals surface area contributed by atoms with E-state index in [1.807, 2.05) is 18.2 Å². The van der Waals surface area contributed by atoms with E-state index in [0.29, 0.717) is 12.8 Å². The van der Waals surface area contributed by atoms with Crippen LogP contribution in [0.1, 0.15) is 149 Å². The van der Waals surface area contributed by atoms with E-state index in [0.717, 1.165) is 44.9 Å². The molecule has 0 radical (unpaired) electrons. The lowest BCUT2D eigenvalue weighted by Gasteiger charge is -2.20. The Balaban J connectivity index is 4.56. The molecule has 0 bridgehead atoms. The van der Waals surface area contributed by atoms with Gasteiger partial charge in [-0.15, -0.1) is 0 Å². The molecule has 0 aliphatic heterocycles. The molecule has 0 saturated heterocycles. The first-order valence-electron chi connectivity index (χ1n) is 19.8. The molecule has 53 heavy (non-hydrogen) atoms. The van der Waals surface area contributed by atoms with Gasteiger partial charge in [0, 0.05) is 6.42 Å². The number of hydrogen-bond donors (Lipinski definition) is 3. The number of carbonyl (C=O) groups is 3. The molecular weight excluding hydrogens is 697 g/mol. The van der Waals surface area contributed by atoms with Crippen LogP contribution in [0.4, 0.5) is 0 Å². The van der Waals surface area contributed by atoms with E-state index in [-0.39, 0.29) is 19.4 Å². The van der Waals surface area contributed by atoms with E-state index in [1.54, 1.807) is 6.08 Å². The number of esters is 2. The van der Waals surface area contributed by atoms with Gasteiger partial charge in [-0.2, -0.15) is 0 Å². The first-order valence-corrected chi connectivity index (χ1v) is 21.3. The monoisotopic (exact) mass is 767 g/mol. The minimum atomic E-state index is -4.74. The molecule has 0 amide bonds. The van der Waals surface area contributed by atoms with Gasteiger partial charge in [0.05, 0.1) is 19.6 Å². The second-order valence-electron chi connectivity index (χ2n) is 13.1. The predicted molar refractivity (Wildman–Crippen MR) is 212 cm³/mol. The molecule has 11 nitrogen and oxygen atoms in total. The zero-order valence-corrected chi connectivity index (χ0v) is 33.5. The average molecular weight is 768 g/mol. The summed E-state index contributed by atoms with van der Waals surface area (Å²) >= 11 is 0. The number of aliphatic carboxylic acids is 1. The maximum Gasteiger partial charge on any atom is 0.472 e. The van der Waals surface area contributed by atoms with Gasteiger partial charge < -0.3 is 25.2 Å². The lowest BCUT2D eigenvalue weighted by atomic mass is 10.0. The molecule has 0 aromatic rings. The highest BCUT2D eigenvalue weighted by molar-refractivity contribution is 7.47. The summed E-state index contributed by atoms with van der Waals surface area (Å²) in [6.45, 7) is 2.57. The maximum absolute atomic E-state index is 12.5. The second kappa shape index (κ2) is 36.2. The van der Waals surface area contributed by atoms with Crippen LogP contribution in [0.5, 0.6) is 0 Å². The number of rotatable bonds is 36. The number of hydrogen-bond acceptors (Lipinski definition) is 9. The maximum atomic E-state index is 12.5. The Morgan fingerprint density at radius 1 is 0.604 bits per heavy atom.